The van der Waals surface area contributed by atoms with Crippen molar-refractivity contribution < 1.29 is 0 Å². The summed E-state index contributed by atoms with van der Waals surface area (Å²) in [6.07, 6.45) is 16.2. The first-order valence-corrected chi connectivity index (χ1v) is 9.62. The number of nitrogens with zero attached hydrogens (tertiary/aromatic N) is 1. The molecule has 3 heteroatoms. The summed E-state index contributed by atoms with van der Waals surface area (Å²) in [6.45, 7) is 6.79. The van der Waals surface area contributed by atoms with E-state index in [-0.39, 0.29) is 0 Å². The molecule has 0 aliphatic rings. The zero-order valence-electron chi connectivity index (χ0n) is 13.8. The maximum atomic E-state index is 5.95. The molecule has 0 spiro atoms. The van der Waals surface area contributed by atoms with E-state index in [0.29, 0.717) is 0 Å². The molecule has 2 nitrogen and oxygen atoms in total. The normalized spacial score (nSPS) is 10.7. The third-order valence-corrected chi connectivity index (χ3v) is 4.42. The summed E-state index contributed by atoms with van der Waals surface area (Å²) in [5, 5.41) is 0. The van der Waals surface area contributed by atoms with Crippen LogP contribution < -0.4 is 5.73 Å². The van der Waals surface area contributed by atoms with Gasteiger partial charge in [-0.25, -0.2) is 0 Å². The van der Waals surface area contributed by atoms with E-state index in [1.807, 2.05) is 0 Å². The summed E-state index contributed by atoms with van der Waals surface area (Å²) in [7, 11) is 0. The average molecular weight is 347 g/mol. The van der Waals surface area contributed by atoms with Crippen molar-refractivity contribution in [2.75, 3.05) is 13.1 Å². The van der Waals surface area contributed by atoms with Gasteiger partial charge in [-0.3, -0.25) is 0 Å². The quantitative estimate of drug-likeness (QED) is 0.355. The number of rotatable bonds is 15. The first-order chi connectivity index (χ1) is 9.72. The summed E-state index contributed by atoms with van der Waals surface area (Å²) in [5.74, 6) is 0. The SMILES string of the molecule is CCCCCCCCN(CCCCCCCC)C(N)=[Se]. The van der Waals surface area contributed by atoms with Crippen LogP contribution >= 0.6 is 0 Å². The van der Waals surface area contributed by atoms with Crippen molar-refractivity contribution in [3.05, 3.63) is 0 Å². The molecule has 0 saturated carbocycles. The summed E-state index contributed by atoms with van der Waals surface area (Å²) in [4.78, 5) is 2.33. The Morgan fingerprint density at radius 1 is 0.700 bits per heavy atom. The predicted molar refractivity (Wildman–Crippen MR) is 93.3 cm³/mol. The van der Waals surface area contributed by atoms with E-state index in [0.717, 1.165) is 17.8 Å². The van der Waals surface area contributed by atoms with Gasteiger partial charge in [-0.1, -0.05) is 0 Å². The van der Waals surface area contributed by atoms with Gasteiger partial charge in [-0.15, -0.1) is 0 Å². The van der Waals surface area contributed by atoms with Crippen LogP contribution in [0.2, 0.25) is 0 Å². The van der Waals surface area contributed by atoms with Crippen LogP contribution in [0.25, 0.3) is 0 Å². The van der Waals surface area contributed by atoms with Gasteiger partial charge in [0.2, 0.25) is 0 Å². The standard InChI is InChI=1S/C17H36N2Se/c1-3-5-7-9-11-13-15-19(17(18)20)16-14-12-10-8-6-4-2/h3-16H2,1-2H3,(H2,18,20). The number of hydrogen-bond donors (Lipinski definition) is 1. The van der Waals surface area contributed by atoms with E-state index >= 15 is 0 Å². The van der Waals surface area contributed by atoms with Crippen molar-refractivity contribution in [1.29, 1.82) is 0 Å². The van der Waals surface area contributed by atoms with Gasteiger partial charge in [0.05, 0.1) is 0 Å². The molecule has 0 aromatic rings. The first-order valence-electron chi connectivity index (χ1n) is 8.76. The molecule has 0 radical (unpaired) electrons. The fraction of sp³-hybridized carbons (Fsp3) is 0.941. The molecule has 0 heterocycles. The molecule has 20 heavy (non-hydrogen) atoms. The van der Waals surface area contributed by atoms with Gasteiger partial charge in [0.1, 0.15) is 0 Å². The first kappa shape index (κ1) is 20.0. The Labute approximate surface area is 135 Å². The van der Waals surface area contributed by atoms with Crippen LogP contribution in [-0.4, -0.2) is 38.2 Å². The van der Waals surface area contributed by atoms with E-state index in [1.165, 1.54) is 77.0 Å². The van der Waals surface area contributed by atoms with Crippen LogP contribution in [0.15, 0.2) is 0 Å². The molecule has 0 saturated heterocycles. The van der Waals surface area contributed by atoms with Gasteiger partial charge in [0, 0.05) is 0 Å². The second-order valence-electron chi connectivity index (χ2n) is 5.86. The Balaban J connectivity index is 3.53. The van der Waals surface area contributed by atoms with Crippen molar-refractivity contribution in [2.45, 2.75) is 90.9 Å². The second kappa shape index (κ2) is 15.4. The van der Waals surface area contributed by atoms with Crippen molar-refractivity contribution in [1.82, 2.24) is 4.90 Å². The van der Waals surface area contributed by atoms with Crippen LogP contribution in [0.4, 0.5) is 0 Å². The Morgan fingerprint density at radius 2 is 1.05 bits per heavy atom. The molecule has 0 bridgehead atoms. The monoisotopic (exact) mass is 348 g/mol. The molecule has 0 fully saturated rings. The third kappa shape index (κ3) is 13.0. The molecule has 0 aromatic carbocycles. The number of unbranched alkanes of at least 4 members (excludes halogenated alkanes) is 10. The van der Waals surface area contributed by atoms with E-state index < -0.39 is 0 Å². The molecule has 0 aromatic heterocycles. The van der Waals surface area contributed by atoms with Crippen LogP contribution in [0.3, 0.4) is 0 Å². The van der Waals surface area contributed by atoms with Crippen molar-refractivity contribution in [3.63, 3.8) is 0 Å². The number of nitrogens with two attached hydrogens (primary N) is 1. The zero-order valence-corrected chi connectivity index (χ0v) is 15.5. The van der Waals surface area contributed by atoms with Gasteiger partial charge in [0.25, 0.3) is 0 Å². The van der Waals surface area contributed by atoms with Crippen LogP contribution in [0, 0.1) is 0 Å². The van der Waals surface area contributed by atoms with Crippen LogP contribution in [0.1, 0.15) is 90.9 Å². The van der Waals surface area contributed by atoms with Crippen molar-refractivity contribution in [3.8, 4) is 0 Å². The summed E-state index contributed by atoms with van der Waals surface area (Å²) < 4.78 is 0.882. The Hall–Kier alpha value is -0.0105. The van der Waals surface area contributed by atoms with Crippen LogP contribution in [-0.2, 0) is 0 Å². The summed E-state index contributed by atoms with van der Waals surface area (Å²) in [5.41, 5.74) is 5.95. The molecular formula is C17H36N2Se. The van der Waals surface area contributed by atoms with E-state index in [2.05, 4.69) is 34.3 Å². The van der Waals surface area contributed by atoms with Crippen LogP contribution in [0.5, 0.6) is 0 Å². The van der Waals surface area contributed by atoms with E-state index in [9.17, 15) is 0 Å². The Morgan fingerprint density at radius 3 is 1.40 bits per heavy atom. The van der Waals surface area contributed by atoms with Crippen molar-refractivity contribution >= 4 is 20.2 Å². The second-order valence-corrected chi connectivity index (χ2v) is 6.74. The molecule has 0 aliphatic heterocycles. The van der Waals surface area contributed by atoms with Gasteiger partial charge in [-0.2, -0.15) is 0 Å². The molecule has 0 aliphatic carbocycles. The topological polar surface area (TPSA) is 29.3 Å². The molecule has 0 atom stereocenters. The Kier molecular flexibility index (Phi) is 15.4. The fourth-order valence-corrected chi connectivity index (χ4v) is 2.88. The van der Waals surface area contributed by atoms with E-state index in [1.54, 1.807) is 0 Å². The summed E-state index contributed by atoms with van der Waals surface area (Å²) in [6, 6.07) is 0. The maximum absolute atomic E-state index is 5.95. The van der Waals surface area contributed by atoms with Gasteiger partial charge < -0.3 is 0 Å². The third-order valence-electron chi connectivity index (χ3n) is 3.87. The molecule has 2 N–H and O–H groups in total. The molecule has 120 valence electrons. The molecule has 0 amide bonds. The van der Waals surface area contributed by atoms with Gasteiger partial charge in [-0.05, 0) is 0 Å². The predicted octanol–water partition coefficient (Wildman–Crippen LogP) is 4.22. The molecule has 0 unspecified atom stereocenters. The van der Waals surface area contributed by atoms with Gasteiger partial charge >= 0.3 is 135 Å². The number of hydrogen-bond acceptors (Lipinski definition) is 2. The van der Waals surface area contributed by atoms with Gasteiger partial charge in [0.15, 0.2) is 0 Å². The van der Waals surface area contributed by atoms with Crippen molar-refractivity contribution in [2.24, 2.45) is 5.73 Å². The summed E-state index contributed by atoms with van der Waals surface area (Å²) >= 11 is 2.98. The molecular weight excluding hydrogens is 311 g/mol. The minimum atomic E-state index is 0.882. The fourth-order valence-electron chi connectivity index (χ4n) is 2.50. The zero-order chi connectivity index (χ0) is 15.1. The Bertz CT molecular complexity index is 203. The molecule has 0 rings (SSSR count). The average Bonchev–Trinajstić information content (AvgIpc) is 2.43. The minimum absolute atomic E-state index is 0.882. The van der Waals surface area contributed by atoms with E-state index in [4.69, 9.17) is 5.73 Å².